The van der Waals surface area contributed by atoms with Crippen LogP contribution in [0.25, 0.3) is 0 Å². The van der Waals surface area contributed by atoms with E-state index in [1.807, 2.05) is 6.08 Å². The van der Waals surface area contributed by atoms with Gasteiger partial charge in [-0.15, -0.1) is 0 Å². The van der Waals surface area contributed by atoms with Gasteiger partial charge in [-0.2, -0.15) is 0 Å². The first-order chi connectivity index (χ1) is 32.5. The van der Waals surface area contributed by atoms with Crippen molar-refractivity contribution in [2.75, 3.05) is 6.61 Å². The average molecular weight is 923 g/mol. The number of nitrogens with one attached hydrogen (secondary N) is 1. The van der Waals surface area contributed by atoms with Crippen molar-refractivity contribution in [1.29, 1.82) is 0 Å². The van der Waals surface area contributed by atoms with Crippen molar-refractivity contribution in [2.24, 2.45) is 0 Å². The monoisotopic (exact) mass is 922 g/mol. The van der Waals surface area contributed by atoms with Crippen LogP contribution in [-0.2, 0) is 14.3 Å². The molecule has 0 aromatic carbocycles. The number of carbonyl (C=O) groups is 2. The molecule has 0 bridgehead atoms. The minimum Gasteiger partial charge on any atom is -0.461 e. The Hall–Kier alpha value is -2.70. The van der Waals surface area contributed by atoms with E-state index in [1.54, 1.807) is 0 Å². The van der Waals surface area contributed by atoms with Gasteiger partial charge in [0.05, 0.1) is 25.2 Å². The molecule has 0 aliphatic carbocycles. The number of hydrogen-bond donors (Lipinski definition) is 3. The molecule has 1 amide bonds. The quantitative estimate of drug-likeness (QED) is 0.0321. The zero-order valence-electron chi connectivity index (χ0n) is 43.6. The van der Waals surface area contributed by atoms with Crippen LogP contribution >= 0.6 is 0 Å². The van der Waals surface area contributed by atoms with Gasteiger partial charge in [-0.1, -0.05) is 248 Å². The molecule has 0 saturated heterocycles. The second-order valence-corrected chi connectivity index (χ2v) is 19.0. The molecule has 0 saturated carbocycles. The molecule has 0 spiro atoms. The number of aliphatic hydroxyl groups excluding tert-OH is 2. The lowest BCUT2D eigenvalue weighted by atomic mass is 10.0. The zero-order chi connectivity index (χ0) is 48.1. The Morgan fingerprint density at radius 1 is 0.455 bits per heavy atom. The Balaban J connectivity index is 4.66. The molecule has 0 aromatic rings. The molecule has 0 aliphatic rings. The molecule has 0 radical (unpaired) electrons. The van der Waals surface area contributed by atoms with Crippen molar-refractivity contribution in [1.82, 2.24) is 5.32 Å². The first kappa shape index (κ1) is 63.3. The molecule has 3 unspecified atom stereocenters. The third-order valence-corrected chi connectivity index (χ3v) is 12.5. The molecule has 3 N–H and O–H groups in total. The van der Waals surface area contributed by atoms with Crippen molar-refractivity contribution >= 4 is 11.9 Å². The van der Waals surface area contributed by atoms with Crippen LogP contribution in [0.1, 0.15) is 271 Å². The van der Waals surface area contributed by atoms with Gasteiger partial charge in [0.2, 0.25) is 5.91 Å². The van der Waals surface area contributed by atoms with Crippen LogP contribution < -0.4 is 5.32 Å². The van der Waals surface area contributed by atoms with E-state index in [-0.39, 0.29) is 24.9 Å². The van der Waals surface area contributed by atoms with Crippen molar-refractivity contribution < 1.29 is 24.5 Å². The van der Waals surface area contributed by atoms with Crippen LogP contribution in [0.4, 0.5) is 0 Å². The number of esters is 1. The van der Waals surface area contributed by atoms with E-state index < -0.39 is 18.2 Å². The highest BCUT2D eigenvalue weighted by atomic mass is 16.5. The number of ether oxygens (including phenoxy) is 1. The molecule has 382 valence electrons. The molecule has 0 aliphatic heterocycles. The molecule has 0 aromatic heterocycles. The lowest BCUT2D eigenvalue weighted by Gasteiger charge is -2.24. The van der Waals surface area contributed by atoms with E-state index >= 15 is 0 Å². The minimum atomic E-state index is -0.814. The van der Waals surface area contributed by atoms with Crippen molar-refractivity contribution in [2.45, 2.75) is 289 Å². The molecule has 3 atom stereocenters. The van der Waals surface area contributed by atoms with Gasteiger partial charge >= 0.3 is 5.97 Å². The Bertz CT molecular complexity index is 1220. The van der Waals surface area contributed by atoms with Crippen LogP contribution in [0.2, 0.25) is 0 Å². The molecular formula is C60H107NO5. The summed E-state index contributed by atoms with van der Waals surface area (Å²) in [6.07, 6.45) is 68.4. The van der Waals surface area contributed by atoms with Crippen LogP contribution in [-0.4, -0.2) is 46.9 Å². The van der Waals surface area contributed by atoms with Crippen LogP contribution in [0.5, 0.6) is 0 Å². The van der Waals surface area contributed by atoms with Gasteiger partial charge in [-0.25, -0.2) is 0 Å². The predicted octanol–water partition coefficient (Wildman–Crippen LogP) is 17.3. The normalized spacial score (nSPS) is 13.7. The third-order valence-electron chi connectivity index (χ3n) is 12.5. The maximum absolute atomic E-state index is 13.2. The summed E-state index contributed by atoms with van der Waals surface area (Å²) >= 11 is 0. The highest BCUT2D eigenvalue weighted by Crippen LogP contribution is 2.17. The smallest absolute Gasteiger partial charge is 0.306 e. The third kappa shape index (κ3) is 47.8. The number of amides is 1. The molecule has 0 fully saturated rings. The van der Waals surface area contributed by atoms with Crippen molar-refractivity contribution in [3.8, 4) is 0 Å². The Labute approximate surface area is 409 Å². The zero-order valence-corrected chi connectivity index (χ0v) is 43.6. The number of unbranched alkanes of at least 4 members (excludes halogenated alkanes) is 27. The molecular weight excluding hydrogens is 815 g/mol. The highest BCUT2D eigenvalue weighted by Gasteiger charge is 2.23. The second kappa shape index (κ2) is 53.3. The van der Waals surface area contributed by atoms with Crippen molar-refractivity contribution in [3.05, 3.63) is 72.9 Å². The fourth-order valence-corrected chi connectivity index (χ4v) is 8.21. The summed E-state index contributed by atoms with van der Waals surface area (Å²) in [4.78, 5) is 26.2. The summed E-state index contributed by atoms with van der Waals surface area (Å²) in [5.41, 5.74) is 0. The van der Waals surface area contributed by atoms with E-state index in [2.05, 4.69) is 92.9 Å². The summed E-state index contributed by atoms with van der Waals surface area (Å²) in [6, 6.07) is -0.734. The van der Waals surface area contributed by atoms with Crippen molar-refractivity contribution in [3.63, 3.8) is 0 Å². The van der Waals surface area contributed by atoms with Gasteiger partial charge in [-0.3, -0.25) is 9.59 Å². The predicted molar refractivity (Wildman–Crippen MR) is 287 cm³/mol. The van der Waals surface area contributed by atoms with Gasteiger partial charge < -0.3 is 20.3 Å². The topological polar surface area (TPSA) is 95.9 Å². The first-order valence-electron chi connectivity index (χ1n) is 28.2. The lowest BCUT2D eigenvalue weighted by Crippen LogP contribution is -2.46. The van der Waals surface area contributed by atoms with E-state index in [9.17, 15) is 19.8 Å². The largest absolute Gasteiger partial charge is 0.461 e. The Kier molecular flexibility index (Phi) is 51.1. The fraction of sp³-hybridized carbons (Fsp3) is 0.767. The van der Waals surface area contributed by atoms with E-state index in [0.717, 1.165) is 64.2 Å². The molecule has 0 heterocycles. The van der Waals surface area contributed by atoms with Crippen LogP contribution in [0.3, 0.4) is 0 Å². The number of aliphatic hydroxyl groups is 2. The SMILES string of the molecule is CCCCC/C=C\C/C=C\C/C=C\C/C=C\CC(CC(=O)NC(CO)C(O)CCCCCCCCCCCCCCC)OC(=O)CCCCCCCCCCC/C=C\C/C=C\CCCCC. The minimum absolute atomic E-state index is 0.00144. The van der Waals surface area contributed by atoms with E-state index in [4.69, 9.17) is 4.74 Å². The van der Waals surface area contributed by atoms with E-state index in [1.165, 1.54) is 161 Å². The van der Waals surface area contributed by atoms with E-state index in [0.29, 0.717) is 19.3 Å². The first-order valence-corrected chi connectivity index (χ1v) is 28.2. The van der Waals surface area contributed by atoms with Gasteiger partial charge in [0.15, 0.2) is 0 Å². The van der Waals surface area contributed by atoms with Crippen LogP contribution in [0, 0.1) is 0 Å². The highest BCUT2D eigenvalue weighted by molar-refractivity contribution is 5.77. The Morgan fingerprint density at radius 3 is 1.24 bits per heavy atom. The molecule has 66 heavy (non-hydrogen) atoms. The number of allylic oxidation sites excluding steroid dienone is 11. The lowest BCUT2D eigenvalue weighted by molar-refractivity contribution is -0.150. The maximum Gasteiger partial charge on any atom is 0.306 e. The van der Waals surface area contributed by atoms with Gasteiger partial charge in [0.25, 0.3) is 0 Å². The number of hydrogen-bond acceptors (Lipinski definition) is 5. The summed E-state index contributed by atoms with van der Waals surface area (Å²) in [7, 11) is 0. The summed E-state index contributed by atoms with van der Waals surface area (Å²) < 4.78 is 5.89. The summed E-state index contributed by atoms with van der Waals surface area (Å²) in [5, 5.41) is 23.8. The Morgan fingerprint density at radius 2 is 0.803 bits per heavy atom. The average Bonchev–Trinajstić information content (AvgIpc) is 3.31. The molecule has 0 rings (SSSR count). The second-order valence-electron chi connectivity index (χ2n) is 19.0. The van der Waals surface area contributed by atoms with Gasteiger partial charge in [-0.05, 0) is 77.0 Å². The maximum atomic E-state index is 13.2. The molecule has 6 heteroatoms. The van der Waals surface area contributed by atoms with Gasteiger partial charge in [0, 0.05) is 12.8 Å². The fourth-order valence-electron chi connectivity index (χ4n) is 8.21. The molecule has 6 nitrogen and oxygen atoms in total. The van der Waals surface area contributed by atoms with Crippen LogP contribution in [0.15, 0.2) is 72.9 Å². The standard InChI is InChI=1S/C60H107NO5/c1-4-7-10-13-16-19-22-25-27-28-29-30-32-35-38-41-44-47-50-53-60(65)66-56(51-48-45-42-39-36-34-31-26-23-20-17-14-11-8-5-2)54-59(64)61-57(55-62)58(63)52-49-46-43-40-37-33-24-21-18-15-12-9-6-3/h16-17,19-20,25-27,31,36,39,45,48,56-58,62-63H,4-15,18,21-24,28-30,32-35,37-38,40-44,46-47,49-55H2,1-3H3,(H,61,64)/b19-16-,20-17-,27-25-,31-26-,39-36-,48-45-. The number of carbonyl (C=O) groups excluding carboxylic acids is 2. The van der Waals surface area contributed by atoms with Gasteiger partial charge in [0.1, 0.15) is 6.10 Å². The number of rotatable bonds is 50. The summed E-state index contributed by atoms with van der Waals surface area (Å²) in [5.74, 6) is -0.577. The summed E-state index contributed by atoms with van der Waals surface area (Å²) in [6.45, 7) is 6.41.